The molecule has 3 N–H and O–H groups in total. The first kappa shape index (κ1) is 16.4. The van der Waals surface area contributed by atoms with Crippen LogP contribution in [-0.4, -0.2) is 40.4 Å². The molecule has 120 valence electrons. The molecule has 21 heavy (non-hydrogen) atoms. The molecule has 1 aliphatic carbocycles. The van der Waals surface area contributed by atoms with Gasteiger partial charge in [-0.15, -0.1) is 0 Å². The van der Waals surface area contributed by atoms with Crippen molar-refractivity contribution in [1.29, 1.82) is 0 Å². The van der Waals surface area contributed by atoms with Crippen molar-refractivity contribution in [3.63, 3.8) is 0 Å². The summed E-state index contributed by atoms with van der Waals surface area (Å²) in [5, 5.41) is 16.6. The van der Waals surface area contributed by atoms with Crippen molar-refractivity contribution in [1.82, 2.24) is 5.01 Å². The summed E-state index contributed by atoms with van der Waals surface area (Å²) >= 11 is 0. The number of aliphatic hydroxyl groups is 1. The van der Waals surface area contributed by atoms with Crippen LogP contribution >= 0.6 is 0 Å². The first-order valence-corrected chi connectivity index (χ1v) is 8.35. The SMILES string of the molecule is CC(C)C1=NN(C2CCCCCC2O)C(=O)C1CCCN. The first-order chi connectivity index (χ1) is 10.1. The number of amides is 1. The lowest BCUT2D eigenvalue weighted by Gasteiger charge is -2.28. The lowest BCUT2D eigenvalue weighted by Crippen LogP contribution is -2.43. The van der Waals surface area contributed by atoms with Crippen LogP contribution < -0.4 is 5.73 Å². The molecule has 0 bridgehead atoms. The summed E-state index contributed by atoms with van der Waals surface area (Å²) < 4.78 is 0. The van der Waals surface area contributed by atoms with Crippen LogP contribution in [0, 0.1) is 11.8 Å². The smallest absolute Gasteiger partial charge is 0.251 e. The molecule has 0 radical (unpaired) electrons. The van der Waals surface area contributed by atoms with E-state index in [4.69, 9.17) is 5.73 Å². The number of nitrogens with zero attached hydrogens (tertiary/aromatic N) is 2. The van der Waals surface area contributed by atoms with Gasteiger partial charge in [-0.3, -0.25) is 4.79 Å². The highest BCUT2D eigenvalue weighted by Crippen LogP contribution is 2.31. The Kier molecular flexibility index (Phi) is 5.76. The third-order valence-corrected chi connectivity index (χ3v) is 4.65. The minimum Gasteiger partial charge on any atom is -0.391 e. The lowest BCUT2D eigenvalue weighted by molar-refractivity contribution is -0.136. The number of rotatable bonds is 5. The van der Waals surface area contributed by atoms with Gasteiger partial charge in [-0.1, -0.05) is 33.1 Å². The Morgan fingerprint density at radius 2 is 2.05 bits per heavy atom. The van der Waals surface area contributed by atoms with E-state index < -0.39 is 6.10 Å². The maximum Gasteiger partial charge on any atom is 0.251 e. The number of carbonyl (C=O) groups is 1. The Hall–Kier alpha value is -0.940. The predicted molar refractivity (Wildman–Crippen MR) is 83.8 cm³/mol. The maximum atomic E-state index is 12.7. The normalized spacial score (nSPS) is 30.7. The van der Waals surface area contributed by atoms with Gasteiger partial charge in [0.05, 0.1) is 23.8 Å². The quantitative estimate of drug-likeness (QED) is 0.760. The predicted octanol–water partition coefficient (Wildman–Crippen LogP) is 1.89. The van der Waals surface area contributed by atoms with Gasteiger partial charge < -0.3 is 10.8 Å². The largest absolute Gasteiger partial charge is 0.391 e. The summed E-state index contributed by atoms with van der Waals surface area (Å²) in [5.74, 6) is 0.187. The van der Waals surface area contributed by atoms with Gasteiger partial charge in [0.15, 0.2) is 0 Å². The fourth-order valence-electron chi connectivity index (χ4n) is 3.43. The maximum absolute atomic E-state index is 12.7. The van der Waals surface area contributed by atoms with E-state index in [1.165, 1.54) is 0 Å². The third kappa shape index (κ3) is 3.64. The molecule has 2 aliphatic rings. The second-order valence-electron chi connectivity index (χ2n) is 6.62. The molecule has 2 rings (SSSR count). The van der Waals surface area contributed by atoms with Crippen molar-refractivity contribution in [2.75, 3.05) is 6.54 Å². The Morgan fingerprint density at radius 1 is 1.33 bits per heavy atom. The summed E-state index contributed by atoms with van der Waals surface area (Å²) in [4.78, 5) is 12.7. The van der Waals surface area contributed by atoms with Crippen LogP contribution in [0.15, 0.2) is 5.10 Å². The number of aliphatic hydroxyl groups excluding tert-OH is 1. The van der Waals surface area contributed by atoms with E-state index >= 15 is 0 Å². The van der Waals surface area contributed by atoms with Gasteiger partial charge in [0, 0.05) is 0 Å². The average Bonchev–Trinajstić information content (AvgIpc) is 2.62. The van der Waals surface area contributed by atoms with E-state index in [9.17, 15) is 9.90 Å². The Balaban J connectivity index is 2.17. The lowest BCUT2D eigenvalue weighted by atomic mass is 9.90. The van der Waals surface area contributed by atoms with Gasteiger partial charge >= 0.3 is 0 Å². The molecular weight excluding hydrogens is 266 g/mol. The van der Waals surface area contributed by atoms with Crippen LogP contribution in [0.5, 0.6) is 0 Å². The van der Waals surface area contributed by atoms with Crippen LogP contribution in [0.25, 0.3) is 0 Å². The van der Waals surface area contributed by atoms with Gasteiger partial charge in [-0.2, -0.15) is 5.10 Å². The van der Waals surface area contributed by atoms with Gasteiger partial charge in [-0.25, -0.2) is 5.01 Å². The van der Waals surface area contributed by atoms with Crippen LogP contribution in [-0.2, 0) is 4.79 Å². The molecule has 0 aromatic rings. The van der Waals surface area contributed by atoms with Crippen LogP contribution in [0.4, 0.5) is 0 Å². The second-order valence-corrected chi connectivity index (χ2v) is 6.62. The molecule has 3 unspecified atom stereocenters. The van der Waals surface area contributed by atoms with Gasteiger partial charge in [0.1, 0.15) is 0 Å². The molecule has 0 aromatic carbocycles. The van der Waals surface area contributed by atoms with Gasteiger partial charge in [-0.05, 0) is 38.1 Å². The topological polar surface area (TPSA) is 78.9 Å². The third-order valence-electron chi connectivity index (χ3n) is 4.65. The number of hydrogen-bond donors (Lipinski definition) is 2. The Bertz CT molecular complexity index is 395. The number of nitrogens with two attached hydrogens (primary N) is 1. The van der Waals surface area contributed by atoms with Crippen molar-refractivity contribution < 1.29 is 9.90 Å². The average molecular weight is 295 g/mol. The standard InChI is InChI=1S/C16H29N3O2/c1-11(2)15-12(7-6-10-17)16(21)19(18-15)13-8-4-3-5-9-14(13)20/h11-14,20H,3-10,17H2,1-2H3. The van der Waals surface area contributed by atoms with E-state index in [0.717, 1.165) is 50.7 Å². The van der Waals surface area contributed by atoms with Gasteiger partial charge in [0.25, 0.3) is 5.91 Å². The highest BCUT2D eigenvalue weighted by molar-refractivity contribution is 6.08. The highest BCUT2D eigenvalue weighted by Gasteiger charge is 2.41. The minimum absolute atomic E-state index is 0.0677. The molecule has 1 heterocycles. The Labute approximate surface area is 127 Å². The van der Waals surface area contributed by atoms with Crippen molar-refractivity contribution in [3.8, 4) is 0 Å². The monoisotopic (exact) mass is 295 g/mol. The molecule has 3 atom stereocenters. The zero-order chi connectivity index (χ0) is 15.4. The molecule has 1 amide bonds. The van der Waals surface area contributed by atoms with E-state index in [1.807, 2.05) is 0 Å². The van der Waals surface area contributed by atoms with Crippen LogP contribution in [0.1, 0.15) is 58.8 Å². The van der Waals surface area contributed by atoms with Crippen molar-refractivity contribution in [2.24, 2.45) is 22.7 Å². The number of hydrazone groups is 1. The minimum atomic E-state index is -0.443. The summed E-state index contributed by atoms with van der Waals surface area (Å²) in [6.45, 7) is 4.75. The summed E-state index contributed by atoms with van der Waals surface area (Å²) in [7, 11) is 0. The zero-order valence-electron chi connectivity index (χ0n) is 13.3. The van der Waals surface area contributed by atoms with Crippen molar-refractivity contribution in [3.05, 3.63) is 0 Å². The fraction of sp³-hybridized carbons (Fsp3) is 0.875. The summed E-state index contributed by atoms with van der Waals surface area (Å²) in [6, 6.07) is -0.142. The molecule has 0 spiro atoms. The molecule has 0 aromatic heterocycles. The van der Waals surface area contributed by atoms with Crippen LogP contribution in [0.2, 0.25) is 0 Å². The molecular formula is C16H29N3O2. The second kappa shape index (κ2) is 7.36. The van der Waals surface area contributed by atoms with Crippen molar-refractivity contribution >= 4 is 11.6 Å². The van der Waals surface area contributed by atoms with E-state index in [2.05, 4.69) is 18.9 Å². The van der Waals surface area contributed by atoms with E-state index in [-0.39, 0.29) is 23.8 Å². The van der Waals surface area contributed by atoms with Crippen molar-refractivity contribution in [2.45, 2.75) is 70.9 Å². The fourth-order valence-corrected chi connectivity index (χ4v) is 3.43. The van der Waals surface area contributed by atoms with Gasteiger partial charge in [0.2, 0.25) is 0 Å². The molecule has 1 fully saturated rings. The van der Waals surface area contributed by atoms with Crippen LogP contribution in [0.3, 0.4) is 0 Å². The van der Waals surface area contributed by atoms with E-state index in [1.54, 1.807) is 5.01 Å². The first-order valence-electron chi connectivity index (χ1n) is 8.35. The molecule has 5 heteroatoms. The molecule has 1 saturated carbocycles. The van der Waals surface area contributed by atoms with E-state index in [0.29, 0.717) is 6.54 Å². The molecule has 0 saturated heterocycles. The number of carbonyl (C=O) groups excluding carboxylic acids is 1. The summed E-state index contributed by atoms with van der Waals surface area (Å²) in [6.07, 6.45) is 6.02. The molecule has 5 nitrogen and oxygen atoms in total. The highest BCUT2D eigenvalue weighted by atomic mass is 16.3. The summed E-state index contributed by atoms with van der Waals surface area (Å²) in [5.41, 5.74) is 6.55. The molecule has 1 aliphatic heterocycles. The zero-order valence-corrected chi connectivity index (χ0v) is 13.3. The Morgan fingerprint density at radius 3 is 2.71 bits per heavy atom. The number of hydrogen-bond acceptors (Lipinski definition) is 4.